The highest BCUT2D eigenvalue weighted by atomic mass is 16.1. The Labute approximate surface area is 154 Å². The Morgan fingerprint density at radius 1 is 1.19 bits per heavy atom. The van der Waals surface area contributed by atoms with Crippen molar-refractivity contribution in [3.05, 3.63) is 76.3 Å². The maximum atomic E-state index is 12.5. The van der Waals surface area contributed by atoms with E-state index in [9.17, 15) is 4.79 Å². The summed E-state index contributed by atoms with van der Waals surface area (Å²) in [5.41, 5.74) is 6.66. The van der Waals surface area contributed by atoms with Gasteiger partial charge in [0, 0.05) is 37.1 Å². The zero-order valence-corrected chi connectivity index (χ0v) is 15.3. The molecule has 1 aliphatic carbocycles. The van der Waals surface area contributed by atoms with Crippen LogP contribution >= 0.6 is 0 Å². The van der Waals surface area contributed by atoms with Crippen molar-refractivity contribution in [1.82, 2.24) is 20.0 Å². The summed E-state index contributed by atoms with van der Waals surface area (Å²) in [5.74, 6) is -0.0400. The van der Waals surface area contributed by atoms with Crippen LogP contribution in [-0.4, -0.2) is 33.7 Å². The average Bonchev–Trinajstić information content (AvgIpc) is 2.79. The van der Waals surface area contributed by atoms with Crippen molar-refractivity contribution in [2.24, 2.45) is 7.05 Å². The quantitative estimate of drug-likeness (QED) is 0.924. The maximum absolute atomic E-state index is 12.5. The molecule has 134 valence electrons. The molecule has 2 aliphatic rings. The Balaban J connectivity index is 1.42. The number of carbonyl (C=O) groups is 1. The molecular formula is C21H24N4O. The van der Waals surface area contributed by atoms with Gasteiger partial charge in [0.05, 0.1) is 12.2 Å². The van der Waals surface area contributed by atoms with E-state index in [-0.39, 0.29) is 5.91 Å². The SMILES string of the molecule is Cc1cc(CNC(=O)c2ccc3c(c2)CCN(C2=CC=C2)CC3)nn1C. The molecule has 5 nitrogen and oxygen atoms in total. The first kappa shape index (κ1) is 16.6. The van der Waals surface area contributed by atoms with Gasteiger partial charge in [-0.2, -0.15) is 5.10 Å². The van der Waals surface area contributed by atoms with Gasteiger partial charge in [0.25, 0.3) is 5.91 Å². The molecule has 0 bridgehead atoms. The summed E-state index contributed by atoms with van der Waals surface area (Å²) in [6.45, 7) is 4.49. The largest absolute Gasteiger partial charge is 0.371 e. The first-order valence-corrected chi connectivity index (χ1v) is 9.13. The molecule has 5 heteroatoms. The van der Waals surface area contributed by atoms with Crippen LogP contribution in [0.5, 0.6) is 0 Å². The van der Waals surface area contributed by atoms with Gasteiger partial charge in [-0.25, -0.2) is 0 Å². The van der Waals surface area contributed by atoms with E-state index in [4.69, 9.17) is 0 Å². The number of hydrogen-bond acceptors (Lipinski definition) is 3. The third kappa shape index (κ3) is 3.29. The van der Waals surface area contributed by atoms with Crippen LogP contribution < -0.4 is 5.32 Å². The Morgan fingerprint density at radius 2 is 1.96 bits per heavy atom. The number of hydrogen-bond donors (Lipinski definition) is 1. The first-order chi connectivity index (χ1) is 12.6. The Hall–Kier alpha value is -2.82. The molecule has 0 spiro atoms. The summed E-state index contributed by atoms with van der Waals surface area (Å²) in [4.78, 5) is 15.0. The van der Waals surface area contributed by atoms with Crippen LogP contribution in [0.25, 0.3) is 0 Å². The number of rotatable bonds is 4. The number of nitrogens with one attached hydrogen (secondary N) is 1. The summed E-state index contributed by atoms with van der Waals surface area (Å²) in [6, 6.07) is 8.11. The highest BCUT2D eigenvalue weighted by Crippen LogP contribution is 2.22. The lowest BCUT2D eigenvalue weighted by Crippen LogP contribution is -2.26. The standard InChI is InChI=1S/C21H24N4O/c1-15-12-19(23-24(15)2)14-22-21(26)18-7-6-16-8-10-25(20-4-3-5-20)11-9-17(16)13-18/h3-7,12-13H,8-11,14H2,1-2H3,(H,22,26). The molecule has 4 rings (SSSR count). The van der Waals surface area contributed by atoms with Gasteiger partial charge in [0.2, 0.25) is 0 Å². The third-order valence-corrected chi connectivity index (χ3v) is 5.26. The molecule has 2 aromatic rings. The van der Waals surface area contributed by atoms with E-state index in [0.717, 1.165) is 42.9 Å². The number of benzene rings is 1. The van der Waals surface area contributed by atoms with Crippen molar-refractivity contribution in [1.29, 1.82) is 0 Å². The Bertz CT molecular complexity index is 887. The van der Waals surface area contributed by atoms with Crippen LogP contribution in [0.1, 0.15) is 32.9 Å². The first-order valence-electron chi connectivity index (χ1n) is 9.13. The molecule has 1 aromatic carbocycles. The van der Waals surface area contributed by atoms with E-state index in [2.05, 4.69) is 45.7 Å². The monoisotopic (exact) mass is 348 g/mol. The topological polar surface area (TPSA) is 50.2 Å². The van der Waals surface area contributed by atoms with Crippen LogP contribution in [0, 0.1) is 6.92 Å². The molecule has 1 aliphatic heterocycles. The fourth-order valence-corrected chi connectivity index (χ4v) is 3.51. The lowest BCUT2D eigenvalue weighted by Gasteiger charge is -2.26. The van der Waals surface area contributed by atoms with Crippen molar-refractivity contribution < 1.29 is 4.79 Å². The van der Waals surface area contributed by atoms with Crippen molar-refractivity contribution in [2.45, 2.75) is 26.3 Å². The molecule has 26 heavy (non-hydrogen) atoms. The number of aryl methyl sites for hydroxylation is 2. The second-order valence-corrected chi connectivity index (χ2v) is 7.00. The minimum absolute atomic E-state index is 0.0400. The minimum Gasteiger partial charge on any atom is -0.371 e. The van der Waals surface area contributed by atoms with Crippen LogP contribution in [0.4, 0.5) is 0 Å². The number of nitrogens with zero attached hydrogens (tertiary/aromatic N) is 3. The number of aromatic nitrogens is 2. The smallest absolute Gasteiger partial charge is 0.251 e. The summed E-state index contributed by atoms with van der Waals surface area (Å²) in [5, 5.41) is 7.36. The average molecular weight is 348 g/mol. The van der Waals surface area contributed by atoms with Crippen molar-refractivity contribution in [2.75, 3.05) is 13.1 Å². The van der Waals surface area contributed by atoms with Crippen LogP contribution in [0.15, 0.2) is 48.2 Å². The summed E-state index contributed by atoms with van der Waals surface area (Å²) < 4.78 is 1.82. The van der Waals surface area contributed by atoms with Gasteiger partial charge < -0.3 is 10.2 Å². The van der Waals surface area contributed by atoms with E-state index in [1.54, 1.807) is 0 Å². The fourth-order valence-electron chi connectivity index (χ4n) is 3.51. The number of amides is 1. The molecule has 0 atom stereocenters. The van der Waals surface area contributed by atoms with E-state index in [1.165, 1.54) is 16.8 Å². The number of allylic oxidation sites excluding steroid dienone is 3. The molecule has 2 heterocycles. The third-order valence-electron chi connectivity index (χ3n) is 5.26. The molecule has 1 amide bonds. The highest BCUT2D eigenvalue weighted by Gasteiger charge is 2.18. The summed E-state index contributed by atoms with van der Waals surface area (Å²) in [7, 11) is 1.91. The normalized spacial score (nSPS) is 15.8. The second-order valence-electron chi connectivity index (χ2n) is 7.00. The van der Waals surface area contributed by atoms with E-state index in [0.29, 0.717) is 6.54 Å². The number of carbonyl (C=O) groups excluding carboxylic acids is 1. The van der Waals surface area contributed by atoms with Gasteiger partial charge in [-0.05, 0) is 61.2 Å². The summed E-state index contributed by atoms with van der Waals surface area (Å²) in [6.07, 6.45) is 8.40. The summed E-state index contributed by atoms with van der Waals surface area (Å²) >= 11 is 0. The van der Waals surface area contributed by atoms with Crippen molar-refractivity contribution in [3.8, 4) is 0 Å². The predicted molar refractivity (Wildman–Crippen MR) is 102 cm³/mol. The Morgan fingerprint density at radius 3 is 2.62 bits per heavy atom. The van der Waals surface area contributed by atoms with Crippen LogP contribution in [-0.2, 0) is 26.4 Å². The molecule has 0 saturated heterocycles. The zero-order valence-electron chi connectivity index (χ0n) is 15.3. The fraction of sp³-hybridized carbons (Fsp3) is 0.333. The molecule has 0 unspecified atom stereocenters. The zero-order chi connectivity index (χ0) is 18.1. The molecule has 0 radical (unpaired) electrons. The van der Waals surface area contributed by atoms with Gasteiger partial charge in [-0.15, -0.1) is 0 Å². The van der Waals surface area contributed by atoms with Gasteiger partial charge in [0.15, 0.2) is 0 Å². The van der Waals surface area contributed by atoms with E-state index >= 15 is 0 Å². The van der Waals surface area contributed by atoms with Crippen LogP contribution in [0.2, 0.25) is 0 Å². The maximum Gasteiger partial charge on any atom is 0.251 e. The van der Waals surface area contributed by atoms with Gasteiger partial charge >= 0.3 is 0 Å². The van der Waals surface area contributed by atoms with Crippen molar-refractivity contribution in [3.63, 3.8) is 0 Å². The molecule has 0 fully saturated rings. The predicted octanol–water partition coefficient (Wildman–Crippen LogP) is 2.51. The molecule has 0 saturated carbocycles. The van der Waals surface area contributed by atoms with Gasteiger partial charge in [-0.3, -0.25) is 9.48 Å². The van der Waals surface area contributed by atoms with E-state index < -0.39 is 0 Å². The highest BCUT2D eigenvalue weighted by molar-refractivity contribution is 5.94. The number of fused-ring (bicyclic) bond motifs is 1. The Kier molecular flexibility index (Phi) is 4.37. The molecular weight excluding hydrogens is 324 g/mol. The van der Waals surface area contributed by atoms with Crippen molar-refractivity contribution >= 4 is 5.91 Å². The van der Waals surface area contributed by atoms with E-state index in [1.807, 2.05) is 30.8 Å². The van der Waals surface area contributed by atoms with Crippen LogP contribution in [0.3, 0.4) is 0 Å². The van der Waals surface area contributed by atoms with Gasteiger partial charge in [0.1, 0.15) is 0 Å². The minimum atomic E-state index is -0.0400. The molecule has 1 aromatic heterocycles. The lowest BCUT2D eigenvalue weighted by molar-refractivity contribution is 0.0950. The molecule has 1 N–H and O–H groups in total. The second kappa shape index (κ2) is 6.83. The van der Waals surface area contributed by atoms with Gasteiger partial charge in [-0.1, -0.05) is 12.1 Å². The lowest BCUT2D eigenvalue weighted by atomic mass is 10.00.